The molecule has 6 nitrogen and oxygen atoms in total. The van der Waals surface area contributed by atoms with Crippen LogP contribution in [0.2, 0.25) is 0 Å². The Labute approximate surface area is 162 Å². The number of halogens is 5. The Bertz CT molecular complexity index is 860. The zero-order valence-corrected chi connectivity index (χ0v) is 15.2. The summed E-state index contributed by atoms with van der Waals surface area (Å²) in [6.07, 6.45) is -3.73. The first-order valence-electron chi connectivity index (χ1n) is 9.02. The number of nitrogens with one attached hydrogen (secondary N) is 1. The summed E-state index contributed by atoms with van der Waals surface area (Å²) in [5.74, 6) is -0.871. The molecule has 0 bridgehead atoms. The minimum atomic E-state index is -4.73. The third kappa shape index (κ3) is 4.89. The number of carbonyl (C=O) groups excluding carboxylic acids is 1. The van der Waals surface area contributed by atoms with Gasteiger partial charge in [-0.3, -0.25) is 9.48 Å². The molecule has 11 heteroatoms. The van der Waals surface area contributed by atoms with E-state index in [1.165, 1.54) is 10.9 Å². The number of alkyl halides is 5. The molecule has 0 radical (unpaired) electrons. The Balaban J connectivity index is 1.80. The van der Waals surface area contributed by atoms with Gasteiger partial charge in [-0.2, -0.15) is 18.3 Å². The SMILES string of the molecule is O=C(Nc1cn(C2CCC(CO)CC2)nc1C(F)F)c1cccc(C(F)(F)F)n1. The van der Waals surface area contributed by atoms with Crippen molar-refractivity contribution in [3.05, 3.63) is 41.5 Å². The molecular formula is C18H19F5N4O2. The second-order valence-electron chi connectivity index (χ2n) is 6.93. The van der Waals surface area contributed by atoms with Crippen LogP contribution in [0.5, 0.6) is 0 Å². The largest absolute Gasteiger partial charge is 0.433 e. The number of aliphatic hydroxyl groups excluding tert-OH is 1. The topological polar surface area (TPSA) is 80.0 Å². The van der Waals surface area contributed by atoms with Crippen molar-refractivity contribution in [1.82, 2.24) is 14.8 Å². The van der Waals surface area contributed by atoms with E-state index in [4.69, 9.17) is 0 Å². The lowest BCUT2D eigenvalue weighted by Crippen LogP contribution is -2.20. The molecule has 29 heavy (non-hydrogen) atoms. The predicted octanol–water partition coefficient (Wildman–Crippen LogP) is 4.21. The molecule has 2 heterocycles. The van der Waals surface area contributed by atoms with Gasteiger partial charge in [-0.25, -0.2) is 13.8 Å². The molecule has 158 valence electrons. The summed E-state index contributed by atoms with van der Waals surface area (Å²) in [6, 6.07) is 2.63. The molecule has 1 saturated carbocycles. The smallest absolute Gasteiger partial charge is 0.396 e. The Morgan fingerprint density at radius 2 is 1.93 bits per heavy atom. The van der Waals surface area contributed by atoms with E-state index in [1.807, 2.05) is 0 Å². The third-order valence-corrected chi connectivity index (χ3v) is 4.94. The lowest BCUT2D eigenvalue weighted by Gasteiger charge is -2.27. The molecule has 0 aromatic carbocycles. The highest BCUT2D eigenvalue weighted by molar-refractivity contribution is 6.03. The molecular weight excluding hydrogens is 399 g/mol. The molecule has 0 spiro atoms. The average Bonchev–Trinajstić information content (AvgIpc) is 3.11. The maximum atomic E-state index is 13.4. The first-order chi connectivity index (χ1) is 13.7. The molecule has 2 aromatic heterocycles. The number of carbonyl (C=O) groups is 1. The van der Waals surface area contributed by atoms with Crippen molar-refractivity contribution in [2.45, 2.75) is 44.3 Å². The standard InChI is InChI=1S/C18H19F5N4O2/c19-16(20)15-13(8-27(26-15)11-6-4-10(9-28)5-7-11)25-17(29)12-2-1-3-14(24-12)18(21,22)23/h1-3,8,10-11,16,28H,4-7,9H2,(H,25,29). The molecule has 2 aromatic rings. The fourth-order valence-electron chi connectivity index (χ4n) is 3.35. The van der Waals surface area contributed by atoms with Crippen LogP contribution in [0.3, 0.4) is 0 Å². The average molecular weight is 418 g/mol. The van der Waals surface area contributed by atoms with Crippen LogP contribution in [0.15, 0.2) is 24.4 Å². The highest BCUT2D eigenvalue weighted by Crippen LogP contribution is 2.34. The highest BCUT2D eigenvalue weighted by Gasteiger charge is 2.33. The van der Waals surface area contributed by atoms with E-state index in [1.54, 1.807) is 0 Å². The zero-order valence-electron chi connectivity index (χ0n) is 15.2. The van der Waals surface area contributed by atoms with E-state index in [0.717, 1.165) is 25.0 Å². The number of pyridine rings is 1. The molecule has 0 saturated heterocycles. The first-order valence-corrected chi connectivity index (χ1v) is 9.02. The van der Waals surface area contributed by atoms with Crippen LogP contribution in [-0.2, 0) is 6.18 Å². The van der Waals surface area contributed by atoms with Gasteiger partial charge in [0.15, 0.2) is 5.69 Å². The Kier molecular flexibility index (Phi) is 6.15. The van der Waals surface area contributed by atoms with Gasteiger partial charge in [0.25, 0.3) is 12.3 Å². The number of rotatable bonds is 5. The van der Waals surface area contributed by atoms with E-state index in [2.05, 4.69) is 15.4 Å². The molecule has 1 aliphatic carbocycles. The molecule has 3 rings (SSSR count). The molecule has 0 atom stereocenters. The van der Waals surface area contributed by atoms with Crippen molar-refractivity contribution < 1.29 is 31.9 Å². The first kappa shape index (κ1) is 21.2. The zero-order chi connectivity index (χ0) is 21.2. The Morgan fingerprint density at radius 3 is 2.52 bits per heavy atom. The molecule has 2 N–H and O–H groups in total. The Morgan fingerprint density at radius 1 is 1.24 bits per heavy atom. The number of aliphatic hydroxyl groups is 1. The van der Waals surface area contributed by atoms with Crippen molar-refractivity contribution in [3.63, 3.8) is 0 Å². The van der Waals surface area contributed by atoms with Crippen LogP contribution in [-0.4, -0.2) is 32.4 Å². The second kappa shape index (κ2) is 8.44. The number of hydrogen-bond acceptors (Lipinski definition) is 4. The van der Waals surface area contributed by atoms with Gasteiger partial charge in [-0.15, -0.1) is 0 Å². The summed E-state index contributed by atoms with van der Waals surface area (Å²) in [7, 11) is 0. The van der Waals surface area contributed by atoms with Crippen molar-refractivity contribution in [1.29, 1.82) is 0 Å². The van der Waals surface area contributed by atoms with Crippen LogP contribution < -0.4 is 5.32 Å². The van der Waals surface area contributed by atoms with Crippen molar-refractivity contribution >= 4 is 11.6 Å². The number of nitrogens with zero attached hydrogens (tertiary/aromatic N) is 3. The number of aromatic nitrogens is 3. The van der Waals surface area contributed by atoms with Gasteiger partial charge in [-0.05, 0) is 43.7 Å². The van der Waals surface area contributed by atoms with E-state index < -0.39 is 35.6 Å². The third-order valence-electron chi connectivity index (χ3n) is 4.94. The molecule has 1 amide bonds. The fraction of sp³-hybridized carbons (Fsp3) is 0.500. The predicted molar refractivity (Wildman–Crippen MR) is 92.5 cm³/mol. The fourth-order valence-corrected chi connectivity index (χ4v) is 3.35. The van der Waals surface area contributed by atoms with Crippen LogP contribution in [0, 0.1) is 5.92 Å². The van der Waals surface area contributed by atoms with Gasteiger partial charge >= 0.3 is 6.18 Å². The lowest BCUT2D eigenvalue weighted by atomic mass is 9.87. The van der Waals surface area contributed by atoms with Gasteiger partial charge in [0.2, 0.25) is 0 Å². The van der Waals surface area contributed by atoms with E-state index in [9.17, 15) is 31.9 Å². The van der Waals surface area contributed by atoms with Gasteiger partial charge in [0, 0.05) is 12.8 Å². The summed E-state index contributed by atoms with van der Waals surface area (Å²) < 4.78 is 66.4. The maximum absolute atomic E-state index is 13.4. The van der Waals surface area contributed by atoms with E-state index in [0.29, 0.717) is 18.9 Å². The molecule has 1 fully saturated rings. The summed E-state index contributed by atoms with van der Waals surface area (Å²) in [5, 5.41) is 15.3. The minimum absolute atomic E-state index is 0.0689. The van der Waals surface area contributed by atoms with E-state index >= 15 is 0 Å². The van der Waals surface area contributed by atoms with Crippen LogP contribution in [0.1, 0.15) is 60.0 Å². The normalized spacial score (nSPS) is 20.1. The minimum Gasteiger partial charge on any atom is -0.396 e. The number of anilines is 1. The van der Waals surface area contributed by atoms with Crippen molar-refractivity contribution in [3.8, 4) is 0 Å². The quantitative estimate of drug-likeness (QED) is 0.713. The lowest BCUT2D eigenvalue weighted by molar-refractivity contribution is -0.141. The van der Waals surface area contributed by atoms with Crippen molar-refractivity contribution in [2.75, 3.05) is 11.9 Å². The Hall–Kier alpha value is -2.56. The second-order valence-corrected chi connectivity index (χ2v) is 6.93. The number of hydrogen-bond donors (Lipinski definition) is 2. The van der Waals surface area contributed by atoms with Gasteiger partial charge in [0.1, 0.15) is 11.4 Å². The summed E-state index contributed by atoms with van der Waals surface area (Å²) >= 11 is 0. The highest BCUT2D eigenvalue weighted by atomic mass is 19.4. The maximum Gasteiger partial charge on any atom is 0.433 e. The monoisotopic (exact) mass is 418 g/mol. The van der Waals surface area contributed by atoms with Crippen molar-refractivity contribution in [2.24, 2.45) is 5.92 Å². The molecule has 0 unspecified atom stereocenters. The van der Waals surface area contributed by atoms with E-state index in [-0.39, 0.29) is 24.3 Å². The molecule has 0 aliphatic heterocycles. The number of amides is 1. The summed E-state index contributed by atoms with van der Waals surface area (Å²) in [6.45, 7) is 0.0689. The van der Waals surface area contributed by atoms with Gasteiger partial charge in [-0.1, -0.05) is 6.07 Å². The van der Waals surface area contributed by atoms with Crippen LogP contribution >= 0.6 is 0 Å². The van der Waals surface area contributed by atoms with Gasteiger partial charge in [0.05, 0.1) is 11.7 Å². The summed E-state index contributed by atoms with van der Waals surface area (Å²) in [5.41, 5.74) is -2.73. The van der Waals surface area contributed by atoms with Gasteiger partial charge < -0.3 is 10.4 Å². The van der Waals surface area contributed by atoms with Crippen LogP contribution in [0.4, 0.5) is 27.6 Å². The molecule has 1 aliphatic rings. The summed E-state index contributed by atoms with van der Waals surface area (Å²) in [4.78, 5) is 15.5. The van der Waals surface area contributed by atoms with Crippen LogP contribution in [0.25, 0.3) is 0 Å².